The van der Waals surface area contributed by atoms with Gasteiger partial charge in [0.15, 0.2) is 0 Å². The molecular weight excluding hydrogens is 417 g/mol. The first-order chi connectivity index (χ1) is 15.2. The molecule has 1 fully saturated rings. The number of carbonyl (C=O) groups excluding carboxylic acids is 1. The third-order valence-electron chi connectivity index (χ3n) is 6.20. The summed E-state index contributed by atoms with van der Waals surface area (Å²) in [6.45, 7) is 3.32. The van der Waals surface area contributed by atoms with Crippen LogP contribution in [0.4, 0.5) is 24.5 Å². The summed E-state index contributed by atoms with van der Waals surface area (Å²) in [5, 5.41) is 3.02. The molecule has 2 aromatic carbocycles. The lowest BCUT2D eigenvalue weighted by Gasteiger charge is -2.36. The third kappa shape index (κ3) is 4.46. The van der Waals surface area contributed by atoms with E-state index in [1.807, 2.05) is 21.0 Å². The highest BCUT2D eigenvalue weighted by molar-refractivity contribution is 6.06. The molecule has 1 saturated heterocycles. The van der Waals surface area contributed by atoms with Crippen molar-refractivity contribution in [2.75, 3.05) is 37.4 Å². The minimum Gasteiger partial charge on any atom is -0.371 e. The molecule has 5 nitrogen and oxygen atoms in total. The van der Waals surface area contributed by atoms with Gasteiger partial charge in [0, 0.05) is 41.5 Å². The Bertz CT molecular complexity index is 1090. The molecule has 0 bridgehead atoms. The standard InChI is InChI=1S/C24H27F3N4O/c1-14-4-5-20(25)19-13-21(29-22(14)19)24(32)28-16-10-15(23(26)27)11-18(12-16)31-8-6-17(7-9-31)30(2)3/h4-5,10-13,17,23,29H,6-9H2,1-3H3,(H,28,32). The maximum absolute atomic E-state index is 14.1. The second kappa shape index (κ2) is 8.86. The number of fused-ring (bicyclic) bond motifs is 1. The van der Waals surface area contributed by atoms with Crippen molar-refractivity contribution in [3.8, 4) is 0 Å². The molecule has 0 spiro atoms. The quantitative estimate of drug-likeness (QED) is 0.559. The van der Waals surface area contributed by atoms with Crippen LogP contribution in [0.25, 0.3) is 10.9 Å². The fourth-order valence-corrected chi connectivity index (χ4v) is 4.30. The average molecular weight is 445 g/mol. The predicted molar refractivity (Wildman–Crippen MR) is 121 cm³/mol. The smallest absolute Gasteiger partial charge is 0.272 e. The zero-order chi connectivity index (χ0) is 23.0. The molecule has 0 atom stereocenters. The van der Waals surface area contributed by atoms with Gasteiger partial charge in [0.25, 0.3) is 12.3 Å². The van der Waals surface area contributed by atoms with Gasteiger partial charge in [-0.15, -0.1) is 0 Å². The molecule has 8 heteroatoms. The van der Waals surface area contributed by atoms with Gasteiger partial charge < -0.3 is 20.1 Å². The maximum Gasteiger partial charge on any atom is 0.272 e. The number of hydrogen-bond acceptors (Lipinski definition) is 3. The second-order valence-electron chi connectivity index (χ2n) is 8.59. The number of piperidine rings is 1. The number of amides is 1. The Morgan fingerprint density at radius 2 is 1.88 bits per heavy atom. The fraction of sp³-hybridized carbons (Fsp3) is 0.375. The number of carbonyl (C=O) groups is 1. The van der Waals surface area contributed by atoms with Crippen LogP contribution in [-0.2, 0) is 0 Å². The molecule has 0 aliphatic carbocycles. The first-order valence-electron chi connectivity index (χ1n) is 10.7. The van der Waals surface area contributed by atoms with Crippen molar-refractivity contribution < 1.29 is 18.0 Å². The second-order valence-corrected chi connectivity index (χ2v) is 8.59. The van der Waals surface area contributed by atoms with Crippen LogP contribution in [0, 0.1) is 12.7 Å². The Kier molecular flexibility index (Phi) is 6.15. The number of nitrogens with one attached hydrogen (secondary N) is 2. The number of nitrogens with zero attached hydrogens (tertiary/aromatic N) is 2. The van der Waals surface area contributed by atoms with E-state index in [1.54, 1.807) is 12.1 Å². The zero-order valence-corrected chi connectivity index (χ0v) is 18.4. The predicted octanol–water partition coefficient (Wildman–Crippen LogP) is 5.34. The summed E-state index contributed by atoms with van der Waals surface area (Å²) in [6, 6.07) is 9.38. The summed E-state index contributed by atoms with van der Waals surface area (Å²) in [5.74, 6) is -0.937. The van der Waals surface area contributed by atoms with Gasteiger partial charge in [0.05, 0.1) is 5.52 Å². The number of alkyl halides is 2. The fourth-order valence-electron chi connectivity index (χ4n) is 4.30. The van der Waals surface area contributed by atoms with Crippen LogP contribution < -0.4 is 10.2 Å². The minimum absolute atomic E-state index is 0.147. The maximum atomic E-state index is 14.1. The molecule has 32 heavy (non-hydrogen) atoms. The Morgan fingerprint density at radius 3 is 2.50 bits per heavy atom. The molecule has 1 aliphatic rings. The molecule has 3 aromatic rings. The van der Waals surface area contributed by atoms with Gasteiger partial charge in [-0.1, -0.05) is 6.07 Å². The Morgan fingerprint density at radius 1 is 1.16 bits per heavy atom. The molecule has 2 N–H and O–H groups in total. The van der Waals surface area contributed by atoms with Gasteiger partial charge in [-0.3, -0.25) is 4.79 Å². The van der Waals surface area contributed by atoms with Crippen molar-refractivity contribution in [2.24, 2.45) is 0 Å². The molecule has 0 unspecified atom stereocenters. The molecule has 170 valence electrons. The summed E-state index contributed by atoms with van der Waals surface area (Å²) < 4.78 is 41.2. The number of aryl methyl sites for hydroxylation is 1. The van der Waals surface area contributed by atoms with E-state index in [0.29, 0.717) is 22.6 Å². The SMILES string of the molecule is Cc1ccc(F)c2cc(C(=O)Nc3cc(C(F)F)cc(N4CCC(N(C)C)CC4)c3)[nH]c12. The van der Waals surface area contributed by atoms with Crippen molar-refractivity contribution >= 4 is 28.2 Å². The van der Waals surface area contributed by atoms with Crippen molar-refractivity contribution in [1.29, 1.82) is 0 Å². The van der Waals surface area contributed by atoms with E-state index in [4.69, 9.17) is 0 Å². The van der Waals surface area contributed by atoms with Crippen molar-refractivity contribution in [1.82, 2.24) is 9.88 Å². The zero-order valence-electron chi connectivity index (χ0n) is 18.4. The van der Waals surface area contributed by atoms with E-state index in [-0.39, 0.29) is 16.9 Å². The molecular formula is C24H27F3N4O. The van der Waals surface area contributed by atoms with Gasteiger partial charge in [-0.05, 0) is 69.8 Å². The number of hydrogen-bond donors (Lipinski definition) is 2. The molecule has 0 saturated carbocycles. The highest BCUT2D eigenvalue weighted by atomic mass is 19.3. The average Bonchev–Trinajstić information content (AvgIpc) is 3.23. The number of anilines is 2. The van der Waals surface area contributed by atoms with E-state index >= 15 is 0 Å². The van der Waals surface area contributed by atoms with Gasteiger partial charge >= 0.3 is 0 Å². The normalized spacial score (nSPS) is 15.2. The summed E-state index contributed by atoms with van der Waals surface area (Å²) in [5.41, 5.74) is 2.32. The topological polar surface area (TPSA) is 51.4 Å². The van der Waals surface area contributed by atoms with E-state index in [9.17, 15) is 18.0 Å². The largest absolute Gasteiger partial charge is 0.371 e. The molecule has 2 heterocycles. The van der Waals surface area contributed by atoms with Crippen molar-refractivity contribution in [3.05, 3.63) is 59.0 Å². The number of rotatable bonds is 5. The lowest BCUT2D eigenvalue weighted by molar-refractivity contribution is 0.102. The van der Waals surface area contributed by atoms with Crippen molar-refractivity contribution in [2.45, 2.75) is 32.2 Å². The van der Waals surface area contributed by atoms with Crippen LogP contribution in [-0.4, -0.2) is 49.0 Å². The number of halogens is 3. The van der Waals surface area contributed by atoms with Crippen LogP contribution in [0.5, 0.6) is 0 Å². The van der Waals surface area contributed by atoms with Gasteiger partial charge in [0.2, 0.25) is 0 Å². The highest BCUT2D eigenvalue weighted by Crippen LogP contribution is 2.31. The van der Waals surface area contributed by atoms with Crippen molar-refractivity contribution in [3.63, 3.8) is 0 Å². The molecule has 1 aromatic heterocycles. The molecule has 0 radical (unpaired) electrons. The van der Waals surface area contributed by atoms with Gasteiger partial charge in [0.1, 0.15) is 11.5 Å². The number of aromatic nitrogens is 1. The summed E-state index contributed by atoms with van der Waals surface area (Å²) in [4.78, 5) is 20.0. The van der Waals surface area contributed by atoms with E-state index in [2.05, 4.69) is 20.1 Å². The monoisotopic (exact) mass is 444 g/mol. The first-order valence-corrected chi connectivity index (χ1v) is 10.7. The Hall–Kier alpha value is -3.00. The summed E-state index contributed by atoms with van der Waals surface area (Å²) in [6.07, 6.45) is -0.782. The molecule has 1 amide bonds. The summed E-state index contributed by atoms with van der Waals surface area (Å²) in [7, 11) is 4.09. The lowest BCUT2D eigenvalue weighted by Crippen LogP contribution is -2.42. The van der Waals surface area contributed by atoms with E-state index in [0.717, 1.165) is 31.5 Å². The highest BCUT2D eigenvalue weighted by Gasteiger charge is 2.23. The minimum atomic E-state index is -2.66. The van der Waals surface area contributed by atoms with Gasteiger partial charge in [-0.2, -0.15) is 0 Å². The Labute approximate surface area is 185 Å². The summed E-state index contributed by atoms with van der Waals surface area (Å²) >= 11 is 0. The number of benzene rings is 2. The lowest BCUT2D eigenvalue weighted by atomic mass is 10.0. The van der Waals surface area contributed by atoms with E-state index in [1.165, 1.54) is 24.3 Å². The van der Waals surface area contributed by atoms with Crippen LogP contribution in [0.1, 0.15) is 40.9 Å². The Balaban J connectivity index is 1.59. The number of H-pyrrole nitrogens is 1. The van der Waals surface area contributed by atoms with Crippen LogP contribution in [0.3, 0.4) is 0 Å². The van der Waals surface area contributed by atoms with Crippen LogP contribution >= 0.6 is 0 Å². The third-order valence-corrected chi connectivity index (χ3v) is 6.20. The van der Waals surface area contributed by atoms with Gasteiger partial charge in [-0.25, -0.2) is 13.2 Å². The van der Waals surface area contributed by atoms with E-state index < -0.39 is 18.1 Å². The van der Waals surface area contributed by atoms with Crippen LogP contribution in [0.15, 0.2) is 36.4 Å². The molecule has 4 rings (SSSR count). The first kappa shape index (κ1) is 22.2. The molecule has 1 aliphatic heterocycles. The van der Waals surface area contributed by atoms with Crippen LogP contribution in [0.2, 0.25) is 0 Å². The number of aromatic amines is 1.